The van der Waals surface area contributed by atoms with E-state index in [-0.39, 0.29) is 24.6 Å². The molecule has 0 radical (unpaired) electrons. The second kappa shape index (κ2) is 5.79. The van der Waals surface area contributed by atoms with Gasteiger partial charge >= 0.3 is 6.18 Å². The smallest absolute Gasteiger partial charge is 0.372 e. The van der Waals surface area contributed by atoms with E-state index in [0.717, 1.165) is 24.3 Å². The Balaban J connectivity index is 2.64. The van der Waals surface area contributed by atoms with Crippen LogP contribution in [0.5, 0.6) is 0 Å². The fourth-order valence-electron chi connectivity index (χ4n) is 1.18. The standard InChI is InChI=1S/C11H12F3NO2/c12-11(13,14)9-3-1-8(2-4-9)10(16)7-17-6-5-15/h1-4H,5-7,15H2. The first-order chi connectivity index (χ1) is 7.95. The predicted molar refractivity (Wildman–Crippen MR) is 55.6 cm³/mol. The molecule has 0 bridgehead atoms. The van der Waals surface area contributed by atoms with E-state index in [0.29, 0.717) is 6.54 Å². The molecule has 0 fully saturated rings. The maximum atomic E-state index is 12.2. The molecule has 1 aromatic rings. The molecule has 0 spiro atoms. The Morgan fingerprint density at radius 3 is 2.29 bits per heavy atom. The Labute approximate surface area is 96.4 Å². The summed E-state index contributed by atoms with van der Waals surface area (Å²) in [7, 11) is 0. The van der Waals surface area contributed by atoms with Gasteiger partial charge in [-0.3, -0.25) is 4.79 Å². The summed E-state index contributed by atoms with van der Waals surface area (Å²) in [6, 6.07) is 4.01. The summed E-state index contributed by atoms with van der Waals surface area (Å²) in [5.74, 6) is -0.368. The largest absolute Gasteiger partial charge is 0.416 e. The molecule has 0 atom stereocenters. The molecule has 0 aliphatic carbocycles. The minimum absolute atomic E-state index is 0.178. The highest BCUT2D eigenvalue weighted by Crippen LogP contribution is 2.29. The Morgan fingerprint density at radius 2 is 1.82 bits per heavy atom. The second-order valence-corrected chi connectivity index (χ2v) is 3.34. The van der Waals surface area contributed by atoms with Gasteiger partial charge in [0.2, 0.25) is 0 Å². The lowest BCUT2D eigenvalue weighted by Gasteiger charge is -2.07. The SMILES string of the molecule is NCCOCC(=O)c1ccc(C(F)(F)F)cc1. The van der Waals surface area contributed by atoms with Crippen molar-refractivity contribution in [1.82, 2.24) is 0 Å². The maximum absolute atomic E-state index is 12.2. The van der Waals surface area contributed by atoms with Crippen molar-refractivity contribution in [2.24, 2.45) is 5.73 Å². The van der Waals surface area contributed by atoms with Crippen LogP contribution in [0, 0.1) is 0 Å². The normalized spacial score (nSPS) is 11.5. The number of ketones is 1. The summed E-state index contributed by atoms with van der Waals surface area (Å²) < 4.78 is 41.6. The molecule has 0 aromatic heterocycles. The Morgan fingerprint density at radius 1 is 1.24 bits per heavy atom. The molecule has 0 aliphatic rings. The number of carbonyl (C=O) groups is 1. The van der Waals surface area contributed by atoms with Crippen LogP contribution in [-0.4, -0.2) is 25.5 Å². The fourth-order valence-corrected chi connectivity index (χ4v) is 1.18. The van der Waals surface area contributed by atoms with Gasteiger partial charge in [-0.1, -0.05) is 12.1 Å². The molecule has 0 saturated heterocycles. The number of carbonyl (C=O) groups excluding carboxylic acids is 1. The molecule has 1 aromatic carbocycles. The van der Waals surface area contributed by atoms with Gasteiger partial charge in [-0.15, -0.1) is 0 Å². The lowest BCUT2D eigenvalue weighted by atomic mass is 10.1. The third-order valence-electron chi connectivity index (χ3n) is 2.03. The number of benzene rings is 1. The highest BCUT2D eigenvalue weighted by molar-refractivity contribution is 5.97. The molecule has 1 rings (SSSR count). The van der Waals surface area contributed by atoms with Crippen molar-refractivity contribution in [1.29, 1.82) is 0 Å². The van der Waals surface area contributed by atoms with Gasteiger partial charge in [0.05, 0.1) is 12.2 Å². The van der Waals surface area contributed by atoms with E-state index in [9.17, 15) is 18.0 Å². The Hall–Kier alpha value is -1.40. The maximum Gasteiger partial charge on any atom is 0.416 e. The average Bonchev–Trinajstić information content (AvgIpc) is 2.28. The van der Waals surface area contributed by atoms with Crippen LogP contribution in [0.3, 0.4) is 0 Å². The van der Waals surface area contributed by atoms with Crippen molar-refractivity contribution in [3.8, 4) is 0 Å². The van der Waals surface area contributed by atoms with Crippen molar-refractivity contribution in [3.05, 3.63) is 35.4 Å². The van der Waals surface area contributed by atoms with Crippen LogP contribution in [0.15, 0.2) is 24.3 Å². The van der Waals surface area contributed by atoms with Gasteiger partial charge in [-0.05, 0) is 12.1 Å². The molecule has 2 N–H and O–H groups in total. The highest BCUT2D eigenvalue weighted by Gasteiger charge is 2.30. The van der Waals surface area contributed by atoms with E-state index in [1.165, 1.54) is 0 Å². The highest BCUT2D eigenvalue weighted by atomic mass is 19.4. The van der Waals surface area contributed by atoms with Crippen LogP contribution in [0.2, 0.25) is 0 Å². The number of rotatable bonds is 5. The summed E-state index contributed by atoms with van der Waals surface area (Å²) in [5, 5.41) is 0. The van der Waals surface area contributed by atoms with Gasteiger partial charge < -0.3 is 10.5 Å². The van der Waals surface area contributed by atoms with E-state index < -0.39 is 11.7 Å². The number of Topliss-reactive ketones (excluding diaryl/α,β-unsaturated/α-hetero) is 1. The van der Waals surface area contributed by atoms with Crippen molar-refractivity contribution in [2.45, 2.75) is 6.18 Å². The zero-order valence-corrected chi connectivity index (χ0v) is 8.96. The molecule has 6 heteroatoms. The number of hydrogen-bond acceptors (Lipinski definition) is 3. The molecule has 17 heavy (non-hydrogen) atoms. The minimum Gasteiger partial charge on any atom is -0.372 e. The van der Waals surface area contributed by atoms with Gasteiger partial charge in [0, 0.05) is 12.1 Å². The van der Waals surface area contributed by atoms with E-state index in [1.54, 1.807) is 0 Å². The number of hydrogen-bond donors (Lipinski definition) is 1. The van der Waals surface area contributed by atoms with Gasteiger partial charge in [0.15, 0.2) is 5.78 Å². The first-order valence-electron chi connectivity index (χ1n) is 4.93. The summed E-state index contributed by atoms with van der Waals surface area (Å²) in [5.41, 5.74) is 4.57. The van der Waals surface area contributed by atoms with E-state index in [1.807, 2.05) is 0 Å². The van der Waals surface area contributed by atoms with Crippen molar-refractivity contribution < 1.29 is 22.7 Å². The van der Waals surface area contributed by atoms with Crippen molar-refractivity contribution in [2.75, 3.05) is 19.8 Å². The number of halogens is 3. The zero-order valence-electron chi connectivity index (χ0n) is 8.96. The lowest BCUT2D eigenvalue weighted by Crippen LogP contribution is -2.15. The lowest BCUT2D eigenvalue weighted by molar-refractivity contribution is -0.137. The molecular formula is C11H12F3NO2. The average molecular weight is 247 g/mol. The monoisotopic (exact) mass is 247 g/mol. The molecule has 0 heterocycles. The van der Waals surface area contributed by atoms with Gasteiger partial charge in [0.1, 0.15) is 6.61 Å². The molecule has 0 saturated carbocycles. The molecule has 0 aliphatic heterocycles. The zero-order chi connectivity index (χ0) is 12.9. The van der Waals surface area contributed by atoms with Crippen LogP contribution in [0.25, 0.3) is 0 Å². The van der Waals surface area contributed by atoms with Crippen molar-refractivity contribution >= 4 is 5.78 Å². The van der Waals surface area contributed by atoms with E-state index in [2.05, 4.69) is 0 Å². The Bertz CT molecular complexity index is 373. The fraction of sp³-hybridized carbons (Fsp3) is 0.364. The van der Waals surface area contributed by atoms with Crippen LogP contribution in [0.4, 0.5) is 13.2 Å². The van der Waals surface area contributed by atoms with Gasteiger partial charge in [-0.2, -0.15) is 13.2 Å². The van der Waals surface area contributed by atoms with Crippen LogP contribution < -0.4 is 5.73 Å². The number of ether oxygens (including phenoxy) is 1. The second-order valence-electron chi connectivity index (χ2n) is 3.34. The van der Waals surface area contributed by atoms with E-state index >= 15 is 0 Å². The van der Waals surface area contributed by atoms with Crippen LogP contribution >= 0.6 is 0 Å². The molecule has 3 nitrogen and oxygen atoms in total. The summed E-state index contributed by atoms with van der Waals surface area (Å²) in [4.78, 5) is 11.4. The first kappa shape index (κ1) is 13.7. The topological polar surface area (TPSA) is 52.3 Å². The Kier molecular flexibility index (Phi) is 4.65. The first-order valence-corrected chi connectivity index (χ1v) is 4.93. The molecule has 0 unspecified atom stereocenters. The number of nitrogens with two attached hydrogens (primary N) is 1. The quantitative estimate of drug-likeness (QED) is 0.638. The predicted octanol–water partition coefficient (Wildman–Crippen LogP) is 1.86. The molecule has 0 amide bonds. The van der Waals surface area contributed by atoms with Gasteiger partial charge in [-0.25, -0.2) is 0 Å². The third kappa shape index (κ3) is 4.16. The summed E-state index contributed by atoms with van der Waals surface area (Å²) >= 11 is 0. The van der Waals surface area contributed by atoms with Gasteiger partial charge in [0.25, 0.3) is 0 Å². The third-order valence-corrected chi connectivity index (χ3v) is 2.03. The van der Waals surface area contributed by atoms with Crippen LogP contribution in [0.1, 0.15) is 15.9 Å². The number of alkyl halides is 3. The summed E-state index contributed by atoms with van der Waals surface area (Å²) in [6.07, 6.45) is -4.39. The molecule has 94 valence electrons. The van der Waals surface area contributed by atoms with E-state index in [4.69, 9.17) is 10.5 Å². The molecular weight excluding hydrogens is 235 g/mol. The van der Waals surface area contributed by atoms with Crippen molar-refractivity contribution in [3.63, 3.8) is 0 Å². The summed E-state index contributed by atoms with van der Waals surface area (Å²) in [6.45, 7) is 0.356. The minimum atomic E-state index is -4.39. The van der Waals surface area contributed by atoms with Crippen LogP contribution in [-0.2, 0) is 10.9 Å².